The zero-order valence-electron chi connectivity index (χ0n) is 32.7. The minimum atomic E-state index is -5.33. The van der Waals surface area contributed by atoms with E-state index < -0.39 is 64.8 Å². The highest BCUT2D eigenvalue weighted by Crippen LogP contribution is 2.55. The van der Waals surface area contributed by atoms with Gasteiger partial charge in [0.2, 0.25) is 5.91 Å². The minimum Gasteiger partial charge on any atom is -0.497 e. The number of ether oxygens (including phenoxy) is 3. The maximum absolute atomic E-state index is 15.7. The first-order valence-electron chi connectivity index (χ1n) is 17.7. The molecule has 306 valence electrons. The molecule has 0 aromatic heterocycles. The van der Waals surface area contributed by atoms with Crippen molar-refractivity contribution >= 4 is 47.4 Å². The summed E-state index contributed by atoms with van der Waals surface area (Å²) in [5.41, 5.74) is -1.73. The van der Waals surface area contributed by atoms with E-state index in [1.165, 1.54) is 56.3 Å². The number of carbonyl (C=O) groups is 2. The molecule has 1 saturated heterocycles. The van der Waals surface area contributed by atoms with Crippen molar-refractivity contribution in [3.05, 3.63) is 76.3 Å². The van der Waals surface area contributed by atoms with Gasteiger partial charge in [0.05, 0.1) is 32.1 Å². The van der Waals surface area contributed by atoms with Crippen molar-refractivity contribution < 1.29 is 54.9 Å². The van der Waals surface area contributed by atoms with E-state index in [9.17, 15) is 31.5 Å². The molecule has 2 amide bonds. The highest BCUT2D eigenvalue weighted by atomic mass is 35.5. The number of anilines is 1. The standard InChI is InChI=1S/C38H47ClF3N3O9SSi/c1-36(2,3)56(8,9)53-17-16-23-10-14-31(52-7)28(18-23)37(44-22-25(46)20-30(44)34(47)43(4)5)27-19-24(39)11-13-29(27)45(35(37)48)55(49,50)33-15-12-26(51-6)21-32(33)54-38(40,41)42/h10-15,18-19,21,25,30,46H,16-17,20,22H2,1-9H3/t25-,30+,37?/m1/s1. The second kappa shape index (κ2) is 15.5. The van der Waals surface area contributed by atoms with E-state index in [0.29, 0.717) is 22.9 Å². The number of amides is 2. The molecule has 0 spiro atoms. The van der Waals surface area contributed by atoms with Crippen LogP contribution in [0.2, 0.25) is 23.2 Å². The van der Waals surface area contributed by atoms with E-state index in [2.05, 4.69) is 38.6 Å². The molecule has 1 fully saturated rings. The normalized spacial score (nSPS) is 20.6. The smallest absolute Gasteiger partial charge is 0.497 e. The number of fused-ring (bicyclic) bond motifs is 1. The SMILES string of the molecule is COc1ccc(S(=O)(=O)N2C(=O)C(c3cc(CCO[Si](C)(C)C(C)(C)C)ccc3OC)(N3C[C@H](O)C[C@H]3C(=O)N(C)C)c3cc(Cl)ccc32)c(OC(F)(F)F)c1. The Kier molecular flexibility index (Phi) is 11.9. The summed E-state index contributed by atoms with van der Waals surface area (Å²) in [5, 5.41) is 11.2. The van der Waals surface area contributed by atoms with Crippen LogP contribution in [0.4, 0.5) is 18.9 Å². The van der Waals surface area contributed by atoms with Gasteiger partial charge < -0.3 is 28.6 Å². The maximum Gasteiger partial charge on any atom is 0.573 e. The topological polar surface area (TPSA) is 135 Å². The summed E-state index contributed by atoms with van der Waals surface area (Å²) in [5.74, 6) is -2.83. The van der Waals surface area contributed by atoms with Crippen molar-refractivity contribution in [3.63, 3.8) is 0 Å². The number of halogens is 4. The van der Waals surface area contributed by atoms with Crippen LogP contribution in [0.25, 0.3) is 0 Å². The molecule has 0 bridgehead atoms. The lowest BCUT2D eigenvalue weighted by atomic mass is 9.80. The fourth-order valence-corrected chi connectivity index (χ4v) is 9.74. The number of sulfonamides is 1. The lowest BCUT2D eigenvalue weighted by molar-refractivity contribution is -0.275. The van der Waals surface area contributed by atoms with E-state index in [1.807, 2.05) is 0 Å². The van der Waals surface area contributed by atoms with Crippen LogP contribution in [0, 0.1) is 0 Å². The summed E-state index contributed by atoms with van der Waals surface area (Å²) >= 11 is 6.61. The number of hydrogen-bond acceptors (Lipinski definition) is 10. The summed E-state index contributed by atoms with van der Waals surface area (Å²) in [6, 6.07) is 10.6. The zero-order chi connectivity index (χ0) is 41.8. The summed E-state index contributed by atoms with van der Waals surface area (Å²) < 4.78 is 92.9. The zero-order valence-corrected chi connectivity index (χ0v) is 35.2. The van der Waals surface area contributed by atoms with Gasteiger partial charge in [-0.3, -0.25) is 14.5 Å². The fraction of sp³-hybridized carbons (Fsp3) is 0.474. The summed E-state index contributed by atoms with van der Waals surface area (Å²) in [4.78, 5) is 31.3. The number of aliphatic hydroxyl groups is 1. The van der Waals surface area contributed by atoms with E-state index in [4.69, 9.17) is 25.5 Å². The molecule has 0 radical (unpaired) electrons. The summed E-state index contributed by atoms with van der Waals surface area (Å²) in [7, 11) is -1.90. The van der Waals surface area contributed by atoms with Gasteiger partial charge in [-0.1, -0.05) is 38.4 Å². The number of methoxy groups -OCH3 is 2. The van der Waals surface area contributed by atoms with Crippen LogP contribution in [0.15, 0.2) is 59.5 Å². The molecule has 12 nitrogen and oxygen atoms in total. The van der Waals surface area contributed by atoms with Crippen molar-refractivity contribution in [1.29, 1.82) is 0 Å². The molecule has 2 heterocycles. The molecule has 3 atom stereocenters. The molecule has 2 aliphatic heterocycles. The minimum absolute atomic E-state index is 0.0102. The number of alkyl halides is 3. The van der Waals surface area contributed by atoms with Crippen LogP contribution < -0.4 is 18.5 Å². The third kappa shape index (κ3) is 7.85. The van der Waals surface area contributed by atoms with E-state index in [0.717, 1.165) is 18.2 Å². The molecule has 18 heteroatoms. The van der Waals surface area contributed by atoms with Gasteiger partial charge in [-0.25, -0.2) is 12.7 Å². The van der Waals surface area contributed by atoms with Gasteiger partial charge in [-0.2, -0.15) is 0 Å². The molecule has 1 unspecified atom stereocenters. The quantitative estimate of drug-likeness (QED) is 0.207. The molecule has 56 heavy (non-hydrogen) atoms. The monoisotopic (exact) mass is 841 g/mol. The van der Waals surface area contributed by atoms with Gasteiger partial charge in [0.1, 0.15) is 16.4 Å². The number of likely N-dealkylation sites (tertiary alicyclic amines) is 1. The second-order valence-corrected chi connectivity index (χ2v) is 22.5. The highest BCUT2D eigenvalue weighted by molar-refractivity contribution is 7.93. The predicted molar refractivity (Wildman–Crippen MR) is 206 cm³/mol. The molecule has 1 N–H and O–H groups in total. The molecular formula is C38H47ClF3N3O9SSi. The number of β-amino-alcohol motifs (C(OH)–C–C–N with tert-alkyl or cyclic N) is 1. The number of likely N-dealkylation sites (N-methyl/N-ethyl adjacent to an activating group) is 1. The number of benzene rings is 3. The Balaban J connectivity index is 1.82. The molecule has 0 aliphatic carbocycles. The molecular weight excluding hydrogens is 795 g/mol. The van der Waals surface area contributed by atoms with Gasteiger partial charge in [-0.05, 0) is 79.0 Å². The van der Waals surface area contributed by atoms with Crippen LogP contribution in [-0.2, 0) is 36.0 Å². The Morgan fingerprint density at radius 2 is 1.68 bits per heavy atom. The van der Waals surface area contributed by atoms with Gasteiger partial charge in [0, 0.05) is 49.5 Å². The predicted octanol–water partition coefficient (Wildman–Crippen LogP) is 6.32. The van der Waals surface area contributed by atoms with Crippen molar-refractivity contribution in [2.24, 2.45) is 0 Å². The number of rotatable bonds is 12. The van der Waals surface area contributed by atoms with Crippen LogP contribution in [0.5, 0.6) is 17.2 Å². The molecule has 0 saturated carbocycles. The van der Waals surface area contributed by atoms with E-state index in [1.54, 1.807) is 18.2 Å². The van der Waals surface area contributed by atoms with Crippen molar-refractivity contribution in [3.8, 4) is 17.2 Å². The van der Waals surface area contributed by atoms with Gasteiger partial charge in [-0.15, -0.1) is 13.2 Å². The van der Waals surface area contributed by atoms with E-state index >= 15 is 4.79 Å². The first-order valence-corrected chi connectivity index (χ1v) is 22.4. The van der Waals surface area contributed by atoms with Gasteiger partial charge >= 0.3 is 6.36 Å². The van der Waals surface area contributed by atoms with Crippen LogP contribution in [0.3, 0.4) is 0 Å². The first-order chi connectivity index (χ1) is 25.9. The lowest BCUT2D eigenvalue weighted by Gasteiger charge is -2.42. The Morgan fingerprint density at radius 3 is 2.27 bits per heavy atom. The number of aliphatic hydroxyl groups excluding tert-OH is 1. The first kappa shape index (κ1) is 43.3. The maximum atomic E-state index is 15.7. The second-order valence-electron chi connectivity index (χ2n) is 15.5. The van der Waals surface area contributed by atoms with Gasteiger partial charge in [0.15, 0.2) is 19.6 Å². The molecule has 2 aliphatic rings. The van der Waals surface area contributed by atoms with Crippen LogP contribution >= 0.6 is 11.6 Å². The van der Waals surface area contributed by atoms with Crippen molar-refractivity contribution in [2.45, 2.75) is 80.7 Å². The van der Waals surface area contributed by atoms with Crippen LogP contribution in [-0.4, -0.2) is 103 Å². The van der Waals surface area contributed by atoms with Crippen LogP contribution in [0.1, 0.15) is 43.9 Å². The molecule has 3 aromatic rings. The molecule has 3 aromatic carbocycles. The number of carbonyl (C=O) groups excluding carboxylic acids is 2. The third-order valence-corrected chi connectivity index (χ3v) is 17.2. The van der Waals surface area contributed by atoms with Gasteiger partial charge in [0.25, 0.3) is 15.9 Å². The van der Waals surface area contributed by atoms with Crippen molar-refractivity contribution in [2.75, 3.05) is 45.8 Å². The lowest BCUT2D eigenvalue weighted by Crippen LogP contribution is -2.59. The average Bonchev–Trinajstić information content (AvgIpc) is 3.60. The largest absolute Gasteiger partial charge is 0.573 e. The highest BCUT2D eigenvalue weighted by Gasteiger charge is 2.64. The molecule has 5 rings (SSSR count). The third-order valence-electron chi connectivity index (χ3n) is 10.7. The van der Waals surface area contributed by atoms with Crippen molar-refractivity contribution in [1.82, 2.24) is 9.80 Å². The van der Waals surface area contributed by atoms with E-state index in [-0.39, 0.29) is 51.3 Å². The Labute approximate surface area is 331 Å². The summed E-state index contributed by atoms with van der Waals surface area (Å²) in [6.45, 7) is 10.6. The Bertz CT molecular complexity index is 2110. The Hall–Kier alpha value is -3.87. The fourth-order valence-electron chi connectivity index (χ4n) is 6.96. The Morgan fingerprint density at radius 1 is 1.00 bits per heavy atom. The number of hydrogen-bond donors (Lipinski definition) is 1. The number of nitrogens with zero attached hydrogens (tertiary/aromatic N) is 3. The average molecular weight is 842 g/mol. The summed E-state index contributed by atoms with van der Waals surface area (Å²) in [6.07, 6.45) is -6.24.